The van der Waals surface area contributed by atoms with Gasteiger partial charge in [-0.2, -0.15) is 0 Å². The second-order valence-electron chi connectivity index (χ2n) is 5.75. The van der Waals surface area contributed by atoms with Crippen molar-refractivity contribution in [2.24, 2.45) is 0 Å². The molecule has 0 saturated carbocycles. The van der Waals surface area contributed by atoms with Gasteiger partial charge in [0, 0.05) is 24.7 Å². The fourth-order valence-electron chi connectivity index (χ4n) is 2.92. The highest BCUT2D eigenvalue weighted by Gasteiger charge is 2.16. The molecule has 4 nitrogen and oxygen atoms in total. The van der Waals surface area contributed by atoms with Gasteiger partial charge in [0.2, 0.25) is 0 Å². The molecule has 1 heterocycles. The molecule has 1 unspecified atom stereocenters. The van der Waals surface area contributed by atoms with Crippen molar-refractivity contribution in [3.05, 3.63) is 23.8 Å². The first-order valence-electron chi connectivity index (χ1n) is 7.90. The maximum absolute atomic E-state index is 5.41. The molecule has 1 fully saturated rings. The van der Waals surface area contributed by atoms with Gasteiger partial charge in [-0.25, -0.2) is 0 Å². The van der Waals surface area contributed by atoms with Crippen LogP contribution in [0, 0.1) is 0 Å². The molecular formula is C17H28N2O2. The van der Waals surface area contributed by atoms with Crippen molar-refractivity contribution in [2.45, 2.75) is 38.8 Å². The van der Waals surface area contributed by atoms with Crippen LogP contribution < -0.4 is 14.8 Å². The summed E-state index contributed by atoms with van der Waals surface area (Å²) in [5.41, 5.74) is 1.14. The Bertz CT molecular complexity index is 431. The minimum Gasteiger partial charge on any atom is -0.497 e. The number of benzene rings is 1. The largest absolute Gasteiger partial charge is 0.497 e. The van der Waals surface area contributed by atoms with Gasteiger partial charge in [0.1, 0.15) is 11.5 Å². The molecule has 2 rings (SSSR count). The van der Waals surface area contributed by atoms with Crippen molar-refractivity contribution in [2.75, 3.05) is 33.9 Å². The van der Waals surface area contributed by atoms with Crippen molar-refractivity contribution in [1.29, 1.82) is 0 Å². The summed E-state index contributed by atoms with van der Waals surface area (Å²) in [4.78, 5) is 2.58. The quantitative estimate of drug-likeness (QED) is 0.838. The van der Waals surface area contributed by atoms with Crippen LogP contribution in [0.2, 0.25) is 0 Å². The Hall–Kier alpha value is -1.26. The smallest absolute Gasteiger partial charge is 0.123 e. The van der Waals surface area contributed by atoms with Gasteiger partial charge in [-0.1, -0.05) is 6.42 Å². The van der Waals surface area contributed by atoms with Crippen LogP contribution in [0.15, 0.2) is 18.2 Å². The SMILES string of the molecule is COc1ccc(OC)c(CNCC(C)N2CCCCC2)c1. The standard InChI is InChI=1S/C17H28N2O2/c1-14(19-9-5-4-6-10-19)12-18-13-15-11-16(20-2)7-8-17(15)21-3/h7-8,11,14,18H,4-6,9-10,12-13H2,1-3H3. The third-order valence-corrected chi connectivity index (χ3v) is 4.26. The highest BCUT2D eigenvalue weighted by atomic mass is 16.5. The summed E-state index contributed by atoms with van der Waals surface area (Å²) in [5, 5.41) is 3.55. The number of hydrogen-bond acceptors (Lipinski definition) is 4. The van der Waals surface area contributed by atoms with Gasteiger partial charge in [0.05, 0.1) is 14.2 Å². The van der Waals surface area contributed by atoms with Crippen molar-refractivity contribution >= 4 is 0 Å². The maximum atomic E-state index is 5.41. The van der Waals surface area contributed by atoms with Crippen LogP contribution in [0.25, 0.3) is 0 Å². The zero-order chi connectivity index (χ0) is 15.1. The van der Waals surface area contributed by atoms with Gasteiger partial charge in [-0.15, -0.1) is 0 Å². The Labute approximate surface area is 128 Å². The Kier molecular flexibility index (Phi) is 6.33. The summed E-state index contributed by atoms with van der Waals surface area (Å²) in [6.07, 6.45) is 4.07. The van der Waals surface area contributed by atoms with E-state index in [9.17, 15) is 0 Å². The van der Waals surface area contributed by atoms with Crippen molar-refractivity contribution < 1.29 is 9.47 Å². The number of hydrogen-bond donors (Lipinski definition) is 1. The topological polar surface area (TPSA) is 33.7 Å². The molecule has 0 aliphatic carbocycles. The molecule has 1 aromatic rings. The van der Waals surface area contributed by atoms with E-state index < -0.39 is 0 Å². The molecule has 0 aromatic heterocycles. The minimum atomic E-state index is 0.585. The van der Waals surface area contributed by atoms with Crippen LogP contribution in [0.3, 0.4) is 0 Å². The molecule has 1 aliphatic rings. The number of likely N-dealkylation sites (tertiary alicyclic amines) is 1. The summed E-state index contributed by atoms with van der Waals surface area (Å²) < 4.78 is 10.7. The zero-order valence-corrected chi connectivity index (χ0v) is 13.5. The fraction of sp³-hybridized carbons (Fsp3) is 0.647. The van der Waals surface area contributed by atoms with Gasteiger partial charge >= 0.3 is 0 Å². The summed E-state index contributed by atoms with van der Waals surface area (Å²) in [7, 11) is 3.40. The van der Waals surface area contributed by atoms with E-state index in [0.29, 0.717) is 6.04 Å². The summed E-state index contributed by atoms with van der Waals surface area (Å²) in [5.74, 6) is 1.78. The van der Waals surface area contributed by atoms with E-state index in [2.05, 4.69) is 17.1 Å². The molecule has 1 saturated heterocycles. The monoisotopic (exact) mass is 292 g/mol. The van der Waals surface area contributed by atoms with Crippen LogP contribution in [-0.4, -0.2) is 44.8 Å². The number of methoxy groups -OCH3 is 2. The van der Waals surface area contributed by atoms with E-state index >= 15 is 0 Å². The van der Waals surface area contributed by atoms with E-state index in [1.165, 1.54) is 32.4 Å². The summed E-state index contributed by atoms with van der Waals surface area (Å²) >= 11 is 0. The molecule has 0 radical (unpaired) electrons. The molecule has 0 amide bonds. The predicted molar refractivity (Wildman–Crippen MR) is 86.1 cm³/mol. The van der Waals surface area contributed by atoms with Crippen LogP contribution >= 0.6 is 0 Å². The van der Waals surface area contributed by atoms with E-state index in [-0.39, 0.29) is 0 Å². The third-order valence-electron chi connectivity index (χ3n) is 4.26. The number of rotatable bonds is 7. The summed E-state index contributed by atoms with van der Waals surface area (Å²) in [6, 6.07) is 6.52. The van der Waals surface area contributed by atoms with Crippen molar-refractivity contribution in [3.63, 3.8) is 0 Å². The van der Waals surface area contributed by atoms with Crippen molar-refractivity contribution in [1.82, 2.24) is 10.2 Å². The Morgan fingerprint density at radius 3 is 2.57 bits per heavy atom. The molecule has 118 valence electrons. The van der Waals surface area contributed by atoms with Gasteiger partial charge < -0.3 is 14.8 Å². The van der Waals surface area contributed by atoms with Gasteiger partial charge in [-0.3, -0.25) is 4.90 Å². The van der Waals surface area contributed by atoms with E-state index in [1.54, 1.807) is 14.2 Å². The molecule has 21 heavy (non-hydrogen) atoms. The number of nitrogens with zero attached hydrogens (tertiary/aromatic N) is 1. The summed E-state index contributed by atoms with van der Waals surface area (Å²) in [6.45, 7) is 6.59. The Morgan fingerprint density at radius 1 is 1.14 bits per heavy atom. The van der Waals surface area contributed by atoms with Gasteiger partial charge in [0.25, 0.3) is 0 Å². The maximum Gasteiger partial charge on any atom is 0.123 e. The molecule has 4 heteroatoms. The van der Waals surface area contributed by atoms with E-state index in [1.807, 2.05) is 18.2 Å². The minimum absolute atomic E-state index is 0.585. The molecule has 0 spiro atoms. The molecule has 1 aromatic carbocycles. The van der Waals surface area contributed by atoms with Gasteiger partial charge in [-0.05, 0) is 51.1 Å². The highest BCUT2D eigenvalue weighted by molar-refractivity contribution is 5.40. The number of piperidine rings is 1. The lowest BCUT2D eigenvalue weighted by Crippen LogP contribution is -2.42. The second-order valence-corrected chi connectivity index (χ2v) is 5.75. The Balaban J connectivity index is 1.84. The average molecular weight is 292 g/mol. The number of ether oxygens (including phenoxy) is 2. The molecule has 1 N–H and O–H groups in total. The zero-order valence-electron chi connectivity index (χ0n) is 13.5. The lowest BCUT2D eigenvalue weighted by Gasteiger charge is -2.32. The average Bonchev–Trinajstić information content (AvgIpc) is 2.55. The van der Waals surface area contributed by atoms with Crippen molar-refractivity contribution in [3.8, 4) is 11.5 Å². The highest BCUT2D eigenvalue weighted by Crippen LogP contribution is 2.23. The van der Waals surface area contributed by atoms with Crippen LogP contribution in [0.5, 0.6) is 11.5 Å². The first-order chi connectivity index (χ1) is 10.2. The van der Waals surface area contributed by atoms with E-state index in [4.69, 9.17) is 9.47 Å². The fourth-order valence-corrected chi connectivity index (χ4v) is 2.92. The predicted octanol–water partition coefficient (Wildman–Crippen LogP) is 2.67. The third kappa shape index (κ3) is 4.61. The second kappa shape index (κ2) is 8.25. The Morgan fingerprint density at radius 2 is 1.90 bits per heavy atom. The van der Waals surface area contributed by atoms with Crippen LogP contribution in [0.4, 0.5) is 0 Å². The lowest BCUT2D eigenvalue weighted by atomic mass is 10.1. The van der Waals surface area contributed by atoms with E-state index in [0.717, 1.165) is 30.2 Å². The first kappa shape index (κ1) is 16.1. The van der Waals surface area contributed by atoms with Crippen LogP contribution in [-0.2, 0) is 6.54 Å². The van der Waals surface area contributed by atoms with Crippen LogP contribution in [0.1, 0.15) is 31.7 Å². The molecule has 1 atom stereocenters. The number of nitrogens with one attached hydrogen (secondary N) is 1. The molecule has 0 bridgehead atoms. The molecule has 1 aliphatic heterocycles. The van der Waals surface area contributed by atoms with Gasteiger partial charge in [0.15, 0.2) is 0 Å². The molecular weight excluding hydrogens is 264 g/mol. The first-order valence-corrected chi connectivity index (χ1v) is 7.90. The lowest BCUT2D eigenvalue weighted by molar-refractivity contribution is 0.170. The normalized spacial score (nSPS) is 17.5.